The fourth-order valence-corrected chi connectivity index (χ4v) is 6.13. The van der Waals surface area contributed by atoms with Crippen LogP contribution in [0.25, 0.3) is 0 Å². The van der Waals surface area contributed by atoms with Gasteiger partial charge in [-0.2, -0.15) is 0 Å². The van der Waals surface area contributed by atoms with Crippen LogP contribution in [0.5, 0.6) is 0 Å². The van der Waals surface area contributed by atoms with Crippen LogP contribution in [0.15, 0.2) is 41.6 Å². The third kappa shape index (κ3) is 2.64. The van der Waals surface area contributed by atoms with Gasteiger partial charge in [0, 0.05) is 23.4 Å². The number of aromatic nitrogens is 2. The van der Waals surface area contributed by atoms with Crippen molar-refractivity contribution in [2.75, 3.05) is 5.32 Å². The second kappa shape index (κ2) is 6.08. The Kier molecular flexibility index (Phi) is 4.10. The maximum absolute atomic E-state index is 13.0. The number of carbonyl (C=O) groups is 1. The topological polar surface area (TPSA) is 54.9 Å². The summed E-state index contributed by atoms with van der Waals surface area (Å²) >= 11 is 1.55. The average molecular weight is 368 g/mol. The third-order valence-corrected chi connectivity index (χ3v) is 7.96. The molecule has 4 nitrogen and oxygen atoms in total. The molecule has 5 heteroatoms. The number of carbonyl (C=O) groups excluding carboxylic acids is 1. The lowest BCUT2D eigenvalue weighted by Gasteiger charge is -2.37. The van der Waals surface area contributed by atoms with E-state index >= 15 is 0 Å². The largest absolute Gasteiger partial charge is 0.340 e. The van der Waals surface area contributed by atoms with Crippen molar-refractivity contribution >= 4 is 29.1 Å². The van der Waals surface area contributed by atoms with E-state index in [1.165, 1.54) is 0 Å². The molecule has 1 N–H and O–H groups in total. The molecule has 2 aromatic rings. The molecule has 1 heterocycles. The van der Waals surface area contributed by atoms with Crippen molar-refractivity contribution < 1.29 is 4.79 Å². The Morgan fingerprint density at radius 3 is 2.54 bits per heavy atom. The van der Waals surface area contributed by atoms with Crippen LogP contribution in [-0.4, -0.2) is 21.0 Å². The van der Waals surface area contributed by atoms with E-state index in [2.05, 4.69) is 36.1 Å². The number of nitrogens with one attached hydrogen (secondary N) is 1. The molecule has 0 radical (unpaired) electrons. The smallest absolute Gasteiger partial charge is 0.190 e. The fraction of sp³-hybridized carbons (Fsp3) is 0.476. The number of hydrogen-bond acceptors (Lipinski definition) is 5. The molecule has 2 aliphatic carbocycles. The molecule has 2 saturated carbocycles. The van der Waals surface area contributed by atoms with Crippen LogP contribution in [0.3, 0.4) is 0 Å². The predicted octanol–water partition coefficient (Wildman–Crippen LogP) is 5.01. The molecular weight excluding hydrogens is 342 g/mol. The van der Waals surface area contributed by atoms with E-state index in [0.29, 0.717) is 10.9 Å². The first kappa shape index (κ1) is 17.5. The number of rotatable bonds is 4. The summed E-state index contributed by atoms with van der Waals surface area (Å²) in [7, 11) is 0. The summed E-state index contributed by atoms with van der Waals surface area (Å²) in [6, 6.07) is 11.9. The molecule has 0 saturated heterocycles. The lowest BCUT2D eigenvalue weighted by molar-refractivity contribution is -0.122. The lowest BCUT2D eigenvalue weighted by Crippen LogP contribution is -2.35. The number of ketones is 1. The van der Waals surface area contributed by atoms with E-state index in [4.69, 9.17) is 0 Å². The van der Waals surface area contributed by atoms with Gasteiger partial charge < -0.3 is 5.32 Å². The highest BCUT2D eigenvalue weighted by Crippen LogP contribution is 2.67. The molecule has 4 rings (SSSR count). The predicted molar refractivity (Wildman–Crippen MR) is 106 cm³/mol. The van der Waals surface area contributed by atoms with Crippen molar-refractivity contribution in [1.82, 2.24) is 9.97 Å². The zero-order chi connectivity index (χ0) is 18.5. The summed E-state index contributed by atoms with van der Waals surface area (Å²) in [6.45, 7) is 8.75. The van der Waals surface area contributed by atoms with Crippen molar-refractivity contribution in [1.29, 1.82) is 0 Å². The van der Waals surface area contributed by atoms with Crippen molar-refractivity contribution in [3.63, 3.8) is 0 Å². The van der Waals surface area contributed by atoms with Crippen molar-refractivity contribution in [3.05, 3.63) is 42.1 Å². The van der Waals surface area contributed by atoms with E-state index in [0.717, 1.165) is 30.0 Å². The summed E-state index contributed by atoms with van der Waals surface area (Å²) < 4.78 is 0. The Hall–Kier alpha value is -1.88. The van der Waals surface area contributed by atoms with E-state index in [1.54, 1.807) is 11.8 Å². The highest BCUT2D eigenvalue weighted by atomic mass is 32.2. The molecular formula is C21H25N3OS. The highest BCUT2D eigenvalue weighted by Gasteiger charge is 2.66. The van der Waals surface area contributed by atoms with Crippen LogP contribution >= 0.6 is 11.8 Å². The number of thioether (sulfide) groups is 1. The Bertz CT molecular complexity index is 852. The zero-order valence-corrected chi connectivity index (χ0v) is 16.6. The summed E-state index contributed by atoms with van der Waals surface area (Å²) in [5, 5.41) is 3.96. The Balaban J connectivity index is 1.60. The second-order valence-corrected chi connectivity index (χ2v) is 9.37. The van der Waals surface area contributed by atoms with Gasteiger partial charge in [-0.15, -0.1) is 0 Å². The maximum atomic E-state index is 13.0. The molecule has 0 spiro atoms. The first-order valence-corrected chi connectivity index (χ1v) is 10.1. The molecule has 26 heavy (non-hydrogen) atoms. The Morgan fingerprint density at radius 2 is 1.88 bits per heavy atom. The first-order chi connectivity index (χ1) is 12.3. The number of hydrogen-bond donors (Lipinski definition) is 1. The minimum absolute atomic E-state index is 0.0134. The summed E-state index contributed by atoms with van der Waals surface area (Å²) in [4.78, 5) is 22.2. The Labute approximate surface area is 159 Å². The van der Waals surface area contributed by atoms with Gasteiger partial charge >= 0.3 is 0 Å². The van der Waals surface area contributed by atoms with Crippen molar-refractivity contribution in [2.24, 2.45) is 16.7 Å². The number of anilines is 2. The first-order valence-electron chi connectivity index (χ1n) is 9.19. The summed E-state index contributed by atoms with van der Waals surface area (Å²) in [5.41, 5.74) is 1.96. The maximum Gasteiger partial charge on any atom is 0.190 e. The monoisotopic (exact) mass is 367 g/mol. The normalized spacial score (nSPS) is 29.2. The number of para-hydroxylation sites is 1. The van der Waals surface area contributed by atoms with Crippen LogP contribution in [0.4, 0.5) is 11.5 Å². The van der Waals surface area contributed by atoms with Crippen LogP contribution in [0.1, 0.15) is 39.3 Å². The number of Topliss-reactive ketones (excluding diaryl/α,β-unsaturated/α-hetero) is 1. The number of aryl methyl sites for hydroxylation is 1. The molecule has 0 aliphatic heterocycles. The minimum Gasteiger partial charge on any atom is -0.340 e. The number of nitrogens with zero attached hydrogens (tertiary/aromatic N) is 2. The van der Waals surface area contributed by atoms with Crippen LogP contribution in [0.2, 0.25) is 0 Å². The van der Waals surface area contributed by atoms with Crippen LogP contribution < -0.4 is 5.32 Å². The Morgan fingerprint density at radius 1 is 1.15 bits per heavy atom. The average Bonchev–Trinajstić information content (AvgIpc) is 2.89. The molecule has 2 fully saturated rings. The molecule has 1 aromatic carbocycles. The lowest BCUT2D eigenvalue weighted by atomic mass is 9.71. The van der Waals surface area contributed by atoms with Crippen molar-refractivity contribution in [2.45, 2.75) is 50.9 Å². The molecule has 1 aromatic heterocycles. The van der Waals surface area contributed by atoms with Gasteiger partial charge in [-0.3, -0.25) is 4.79 Å². The standard InChI is InChI=1S/C21H25N3OS/c1-13-12-16(23-14-8-6-5-7-9-14)24-19(22-13)26-18-17(25)15-10-11-21(18,4)20(15,2)3/h5-9,12,15,18H,10-11H2,1-4H3,(H,22,23,24)/t15-,18+,21-/m1/s1. The molecule has 136 valence electrons. The molecule has 2 aliphatic rings. The number of benzene rings is 1. The molecule has 0 amide bonds. The molecule has 2 bridgehead atoms. The third-order valence-electron chi connectivity index (χ3n) is 6.58. The second-order valence-electron chi connectivity index (χ2n) is 8.30. The highest BCUT2D eigenvalue weighted by molar-refractivity contribution is 8.00. The van der Waals surface area contributed by atoms with Crippen molar-refractivity contribution in [3.8, 4) is 0 Å². The SMILES string of the molecule is Cc1cc(Nc2ccccc2)nc(S[C@H]2C(=O)[C@H]3CC[C@@]2(C)C3(C)C)n1. The number of fused-ring (bicyclic) bond motifs is 2. The van der Waals surface area contributed by atoms with E-state index in [1.807, 2.05) is 43.3 Å². The van der Waals surface area contributed by atoms with E-state index in [9.17, 15) is 4.79 Å². The summed E-state index contributed by atoms with van der Waals surface area (Å²) in [6.07, 6.45) is 2.13. The van der Waals surface area contributed by atoms with E-state index in [-0.39, 0.29) is 22.0 Å². The van der Waals surface area contributed by atoms with Gasteiger partial charge in [-0.05, 0) is 42.7 Å². The molecule has 0 unspecified atom stereocenters. The van der Waals surface area contributed by atoms with Gasteiger partial charge in [0.05, 0.1) is 5.25 Å². The molecule has 3 atom stereocenters. The van der Waals surface area contributed by atoms with Gasteiger partial charge in [0.25, 0.3) is 0 Å². The quantitative estimate of drug-likeness (QED) is 0.770. The van der Waals surface area contributed by atoms with Gasteiger partial charge in [-0.25, -0.2) is 9.97 Å². The van der Waals surface area contributed by atoms with Gasteiger partial charge in [-0.1, -0.05) is 50.7 Å². The van der Waals surface area contributed by atoms with Crippen LogP contribution in [0, 0.1) is 23.7 Å². The zero-order valence-electron chi connectivity index (χ0n) is 15.7. The van der Waals surface area contributed by atoms with Gasteiger partial charge in [0.1, 0.15) is 11.6 Å². The summed E-state index contributed by atoms with van der Waals surface area (Å²) in [5.74, 6) is 1.33. The van der Waals surface area contributed by atoms with Gasteiger partial charge in [0.2, 0.25) is 0 Å². The van der Waals surface area contributed by atoms with Crippen LogP contribution in [-0.2, 0) is 4.79 Å². The fourth-order valence-electron chi connectivity index (χ4n) is 4.61. The minimum atomic E-state index is -0.0531. The van der Waals surface area contributed by atoms with E-state index < -0.39 is 0 Å². The van der Waals surface area contributed by atoms with Gasteiger partial charge in [0.15, 0.2) is 5.16 Å².